The molecule has 1 heterocycles. The zero-order valence-electron chi connectivity index (χ0n) is 17.7. The number of benzene rings is 2. The predicted octanol–water partition coefficient (Wildman–Crippen LogP) is 3.86. The molecule has 0 aliphatic heterocycles. The Morgan fingerprint density at radius 2 is 1.73 bits per heavy atom. The SMILES string of the molecule is CCN(CC)S(=O)(=O)c1ccc2c(c1)cc(C(=O)NCc1ccc(SC)cc1)n2C. The first-order chi connectivity index (χ1) is 14.3. The average Bonchev–Trinajstić information content (AvgIpc) is 3.09. The van der Waals surface area contributed by atoms with Gasteiger partial charge in [-0.25, -0.2) is 8.42 Å². The van der Waals surface area contributed by atoms with Crippen molar-refractivity contribution >= 4 is 38.6 Å². The van der Waals surface area contributed by atoms with Gasteiger partial charge in [-0.15, -0.1) is 11.8 Å². The summed E-state index contributed by atoms with van der Waals surface area (Å²) in [5, 5.41) is 3.67. The molecule has 0 spiro atoms. The van der Waals surface area contributed by atoms with Crippen LogP contribution in [0.15, 0.2) is 58.3 Å². The smallest absolute Gasteiger partial charge is 0.268 e. The zero-order chi connectivity index (χ0) is 21.9. The van der Waals surface area contributed by atoms with E-state index in [1.807, 2.05) is 51.4 Å². The number of carbonyl (C=O) groups is 1. The summed E-state index contributed by atoms with van der Waals surface area (Å²) in [7, 11) is -1.74. The fourth-order valence-corrected chi connectivity index (χ4v) is 5.34. The molecular weight excluding hydrogens is 418 g/mol. The molecule has 0 aliphatic carbocycles. The standard InChI is InChI=1S/C22H27N3O3S2/c1-5-25(6-2)30(27,28)19-11-12-20-17(13-19)14-21(24(20)3)22(26)23-15-16-7-9-18(29-4)10-8-16/h7-14H,5-6,15H2,1-4H3,(H,23,26). The number of carbonyl (C=O) groups excluding carboxylic acids is 1. The van der Waals surface area contributed by atoms with E-state index in [4.69, 9.17) is 0 Å². The lowest BCUT2D eigenvalue weighted by atomic mass is 10.2. The van der Waals surface area contributed by atoms with Gasteiger partial charge in [0.2, 0.25) is 10.0 Å². The van der Waals surface area contributed by atoms with Gasteiger partial charge in [0.05, 0.1) is 4.90 Å². The number of aromatic nitrogens is 1. The molecule has 0 radical (unpaired) electrons. The topological polar surface area (TPSA) is 71.4 Å². The maximum absolute atomic E-state index is 12.8. The van der Waals surface area contributed by atoms with Crippen LogP contribution in [0.5, 0.6) is 0 Å². The van der Waals surface area contributed by atoms with Crippen molar-refractivity contribution in [2.45, 2.75) is 30.2 Å². The summed E-state index contributed by atoms with van der Waals surface area (Å²) in [6.45, 7) is 4.89. The summed E-state index contributed by atoms with van der Waals surface area (Å²) in [5.41, 5.74) is 2.32. The van der Waals surface area contributed by atoms with Crippen LogP contribution in [-0.4, -0.2) is 42.5 Å². The van der Waals surface area contributed by atoms with Gasteiger partial charge in [-0.1, -0.05) is 26.0 Å². The summed E-state index contributed by atoms with van der Waals surface area (Å²) in [6, 6.07) is 14.8. The molecule has 1 amide bonds. The van der Waals surface area contributed by atoms with Crippen molar-refractivity contribution < 1.29 is 13.2 Å². The summed E-state index contributed by atoms with van der Waals surface area (Å²) >= 11 is 1.67. The lowest BCUT2D eigenvalue weighted by molar-refractivity contribution is 0.0943. The Bertz CT molecular complexity index is 1150. The maximum Gasteiger partial charge on any atom is 0.268 e. The molecule has 3 aromatic rings. The van der Waals surface area contributed by atoms with Crippen molar-refractivity contribution in [3.63, 3.8) is 0 Å². The summed E-state index contributed by atoms with van der Waals surface area (Å²) in [4.78, 5) is 14.2. The number of nitrogens with one attached hydrogen (secondary N) is 1. The third-order valence-electron chi connectivity index (χ3n) is 5.20. The van der Waals surface area contributed by atoms with Crippen LogP contribution in [0.2, 0.25) is 0 Å². The van der Waals surface area contributed by atoms with Crippen molar-refractivity contribution in [3.8, 4) is 0 Å². The summed E-state index contributed by atoms with van der Waals surface area (Å²) in [5.74, 6) is -0.198. The van der Waals surface area contributed by atoms with E-state index in [0.29, 0.717) is 25.3 Å². The van der Waals surface area contributed by atoms with Crippen molar-refractivity contribution in [1.29, 1.82) is 0 Å². The van der Waals surface area contributed by atoms with Crippen LogP contribution in [0, 0.1) is 0 Å². The second-order valence-corrected chi connectivity index (χ2v) is 9.75. The third-order valence-corrected chi connectivity index (χ3v) is 7.99. The minimum Gasteiger partial charge on any atom is -0.347 e. The van der Waals surface area contributed by atoms with Crippen molar-refractivity contribution in [2.24, 2.45) is 7.05 Å². The molecule has 0 aliphatic rings. The molecule has 160 valence electrons. The van der Waals surface area contributed by atoms with E-state index in [0.717, 1.165) is 16.5 Å². The molecule has 1 aromatic heterocycles. The first kappa shape index (κ1) is 22.4. The second-order valence-electron chi connectivity index (χ2n) is 6.93. The van der Waals surface area contributed by atoms with Crippen LogP contribution in [0.1, 0.15) is 29.9 Å². The van der Waals surface area contributed by atoms with Gasteiger partial charge in [0.1, 0.15) is 5.69 Å². The fraction of sp³-hybridized carbons (Fsp3) is 0.318. The van der Waals surface area contributed by atoms with Gasteiger partial charge in [-0.2, -0.15) is 4.31 Å². The van der Waals surface area contributed by atoms with E-state index in [-0.39, 0.29) is 10.8 Å². The number of amides is 1. The van der Waals surface area contributed by atoms with Gasteiger partial charge in [0.25, 0.3) is 5.91 Å². The number of thioether (sulfide) groups is 1. The van der Waals surface area contributed by atoms with E-state index in [9.17, 15) is 13.2 Å². The third kappa shape index (κ3) is 4.40. The van der Waals surface area contributed by atoms with Crippen LogP contribution in [-0.2, 0) is 23.6 Å². The lowest BCUT2D eigenvalue weighted by Crippen LogP contribution is -2.30. The van der Waals surface area contributed by atoms with Crippen LogP contribution < -0.4 is 5.32 Å². The van der Waals surface area contributed by atoms with Gasteiger partial charge < -0.3 is 9.88 Å². The van der Waals surface area contributed by atoms with E-state index < -0.39 is 10.0 Å². The van der Waals surface area contributed by atoms with E-state index in [1.54, 1.807) is 40.6 Å². The molecule has 3 rings (SSSR count). The average molecular weight is 446 g/mol. The van der Waals surface area contributed by atoms with Gasteiger partial charge in [-0.3, -0.25) is 4.79 Å². The summed E-state index contributed by atoms with van der Waals surface area (Å²) < 4.78 is 28.8. The first-order valence-corrected chi connectivity index (χ1v) is 12.5. The maximum atomic E-state index is 12.8. The molecule has 0 saturated heterocycles. The largest absolute Gasteiger partial charge is 0.347 e. The molecule has 30 heavy (non-hydrogen) atoms. The van der Waals surface area contributed by atoms with Crippen molar-refractivity contribution in [1.82, 2.24) is 14.2 Å². The van der Waals surface area contributed by atoms with Crippen LogP contribution in [0.4, 0.5) is 0 Å². The predicted molar refractivity (Wildman–Crippen MR) is 122 cm³/mol. The van der Waals surface area contributed by atoms with E-state index in [1.165, 1.54) is 9.20 Å². The Balaban J connectivity index is 1.84. The van der Waals surface area contributed by atoms with E-state index in [2.05, 4.69) is 5.32 Å². The number of hydrogen-bond acceptors (Lipinski definition) is 4. The Morgan fingerprint density at radius 3 is 2.33 bits per heavy atom. The number of nitrogens with zero attached hydrogens (tertiary/aromatic N) is 2. The van der Waals surface area contributed by atoms with E-state index >= 15 is 0 Å². The highest BCUT2D eigenvalue weighted by atomic mass is 32.2. The first-order valence-electron chi connectivity index (χ1n) is 9.82. The summed E-state index contributed by atoms with van der Waals surface area (Å²) in [6.07, 6.45) is 2.02. The fourth-order valence-electron chi connectivity index (χ4n) is 3.43. The van der Waals surface area contributed by atoms with Gasteiger partial charge in [0.15, 0.2) is 0 Å². The zero-order valence-corrected chi connectivity index (χ0v) is 19.3. The minimum atomic E-state index is -3.55. The molecule has 0 bridgehead atoms. The van der Waals surface area contributed by atoms with Crippen molar-refractivity contribution in [3.05, 3.63) is 59.8 Å². The number of hydrogen-bond donors (Lipinski definition) is 1. The molecule has 0 fully saturated rings. The Morgan fingerprint density at radius 1 is 1.07 bits per heavy atom. The minimum absolute atomic E-state index is 0.198. The van der Waals surface area contributed by atoms with Crippen LogP contribution >= 0.6 is 11.8 Å². The monoisotopic (exact) mass is 445 g/mol. The highest BCUT2D eigenvalue weighted by molar-refractivity contribution is 7.98. The van der Waals surface area contributed by atoms with Gasteiger partial charge >= 0.3 is 0 Å². The molecule has 0 saturated carbocycles. The quantitative estimate of drug-likeness (QED) is 0.535. The highest BCUT2D eigenvalue weighted by Gasteiger charge is 2.23. The normalized spacial score (nSPS) is 11.9. The molecule has 8 heteroatoms. The number of rotatable bonds is 8. The second kappa shape index (κ2) is 9.24. The molecule has 1 N–H and O–H groups in total. The highest BCUT2D eigenvalue weighted by Crippen LogP contribution is 2.24. The van der Waals surface area contributed by atoms with Gasteiger partial charge in [-0.05, 0) is 48.2 Å². The Kier molecular flexibility index (Phi) is 6.90. The van der Waals surface area contributed by atoms with Gasteiger partial charge in [0, 0.05) is 42.5 Å². The Labute approximate surface area is 182 Å². The molecule has 2 aromatic carbocycles. The number of sulfonamides is 1. The molecule has 0 atom stereocenters. The number of fused-ring (bicyclic) bond motifs is 1. The molecule has 0 unspecified atom stereocenters. The molecule has 6 nitrogen and oxygen atoms in total. The van der Waals surface area contributed by atoms with Crippen LogP contribution in [0.3, 0.4) is 0 Å². The molecular formula is C22H27N3O3S2. The Hall–Kier alpha value is -2.29. The van der Waals surface area contributed by atoms with Crippen LogP contribution in [0.25, 0.3) is 10.9 Å². The number of aryl methyl sites for hydroxylation is 1. The van der Waals surface area contributed by atoms with Crippen molar-refractivity contribution in [2.75, 3.05) is 19.3 Å². The lowest BCUT2D eigenvalue weighted by Gasteiger charge is -2.18.